The van der Waals surface area contributed by atoms with Crippen molar-refractivity contribution in [1.82, 2.24) is 0 Å². The maximum absolute atomic E-state index is 9.92. The second kappa shape index (κ2) is 5.32. The van der Waals surface area contributed by atoms with Gasteiger partial charge in [0.2, 0.25) is 0 Å². The van der Waals surface area contributed by atoms with Crippen LogP contribution in [0.15, 0.2) is 34.7 Å². The minimum atomic E-state index is -0.750. The highest BCUT2D eigenvalue weighted by Crippen LogP contribution is 2.27. The molecule has 1 N–H and O–H groups in total. The minimum absolute atomic E-state index is 0.258. The summed E-state index contributed by atoms with van der Waals surface area (Å²) in [6, 6.07) is 8.46. The highest BCUT2D eigenvalue weighted by atomic mass is 35.5. The Kier molecular flexibility index (Phi) is 4.00. The molecule has 0 saturated carbocycles. The number of aliphatic hydroxyl groups is 1. The summed E-state index contributed by atoms with van der Waals surface area (Å²) in [6.07, 6.45) is -0.361. The summed E-state index contributed by atoms with van der Waals surface area (Å²) < 4.78 is 5.13. The normalized spacial score (nSPS) is 12.7. The first-order valence-corrected chi connectivity index (χ1v) is 6.07. The van der Waals surface area contributed by atoms with Crippen molar-refractivity contribution >= 4 is 34.8 Å². The van der Waals surface area contributed by atoms with Gasteiger partial charge in [-0.3, -0.25) is 0 Å². The van der Waals surface area contributed by atoms with Crippen LogP contribution in [0, 0.1) is 0 Å². The first-order chi connectivity index (χ1) is 8.06. The fourth-order valence-electron chi connectivity index (χ4n) is 1.50. The monoisotopic (exact) mass is 290 g/mol. The molecule has 0 amide bonds. The van der Waals surface area contributed by atoms with Crippen molar-refractivity contribution in [3.05, 3.63) is 56.9 Å². The fourth-order valence-corrected chi connectivity index (χ4v) is 1.97. The molecule has 0 aliphatic heterocycles. The Morgan fingerprint density at radius 3 is 2.41 bits per heavy atom. The van der Waals surface area contributed by atoms with Crippen molar-refractivity contribution < 1.29 is 9.52 Å². The molecule has 0 radical (unpaired) electrons. The smallest absolute Gasteiger partial charge is 0.193 e. The van der Waals surface area contributed by atoms with E-state index in [1.165, 1.54) is 0 Å². The van der Waals surface area contributed by atoms with E-state index in [1.807, 2.05) is 6.07 Å². The highest BCUT2D eigenvalue weighted by molar-refractivity contribution is 6.42. The predicted octanol–water partition coefficient (Wildman–Crippen LogP) is 4.52. The van der Waals surface area contributed by atoms with Crippen LogP contribution in [0.5, 0.6) is 0 Å². The molecule has 2 aromatic rings. The lowest BCUT2D eigenvalue weighted by Gasteiger charge is -2.08. The Morgan fingerprint density at radius 1 is 1.06 bits per heavy atom. The first kappa shape index (κ1) is 12.8. The number of rotatable bonds is 3. The molecule has 90 valence electrons. The number of halogens is 3. The number of hydrogen-bond acceptors (Lipinski definition) is 2. The van der Waals surface area contributed by atoms with Crippen LogP contribution >= 0.6 is 34.8 Å². The van der Waals surface area contributed by atoms with Crippen LogP contribution in [-0.4, -0.2) is 5.11 Å². The third kappa shape index (κ3) is 3.17. The van der Waals surface area contributed by atoms with Gasteiger partial charge in [-0.2, -0.15) is 0 Å². The van der Waals surface area contributed by atoms with Gasteiger partial charge >= 0.3 is 0 Å². The summed E-state index contributed by atoms with van der Waals surface area (Å²) in [5.74, 6) is 0.432. The van der Waals surface area contributed by atoms with Gasteiger partial charge < -0.3 is 9.52 Å². The van der Waals surface area contributed by atoms with Gasteiger partial charge in [0.15, 0.2) is 5.22 Å². The SMILES string of the molecule is OC(Cc1ccc(Cl)c(Cl)c1)c1ccc(Cl)o1. The van der Waals surface area contributed by atoms with E-state index in [-0.39, 0.29) is 5.22 Å². The average molecular weight is 292 g/mol. The Morgan fingerprint density at radius 2 is 1.82 bits per heavy atom. The average Bonchev–Trinajstić information content (AvgIpc) is 2.70. The molecule has 0 bridgehead atoms. The number of furan rings is 1. The number of aliphatic hydroxyl groups excluding tert-OH is 1. The van der Waals surface area contributed by atoms with Crippen molar-refractivity contribution in [2.24, 2.45) is 0 Å². The summed E-state index contributed by atoms with van der Waals surface area (Å²) in [4.78, 5) is 0. The van der Waals surface area contributed by atoms with Crippen molar-refractivity contribution in [2.75, 3.05) is 0 Å². The topological polar surface area (TPSA) is 33.4 Å². The maximum Gasteiger partial charge on any atom is 0.193 e. The van der Waals surface area contributed by atoms with Crippen molar-refractivity contribution in [3.63, 3.8) is 0 Å². The third-order valence-corrected chi connectivity index (χ3v) is 3.28. The van der Waals surface area contributed by atoms with Crippen molar-refractivity contribution in [2.45, 2.75) is 12.5 Å². The van der Waals surface area contributed by atoms with E-state index in [0.29, 0.717) is 22.2 Å². The van der Waals surface area contributed by atoms with Crippen LogP contribution in [0.4, 0.5) is 0 Å². The Bertz CT molecular complexity index is 522. The van der Waals surface area contributed by atoms with Crippen molar-refractivity contribution in [1.29, 1.82) is 0 Å². The summed E-state index contributed by atoms with van der Waals surface area (Å²) in [6.45, 7) is 0. The molecule has 1 heterocycles. The van der Waals surface area contributed by atoms with Crippen LogP contribution in [0.1, 0.15) is 17.4 Å². The Balaban J connectivity index is 2.12. The molecule has 0 aliphatic carbocycles. The predicted molar refractivity (Wildman–Crippen MR) is 68.8 cm³/mol. The van der Waals surface area contributed by atoms with Gasteiger partial charge in [-0.15, -0.1) is 0 Å². The Hall–Kier alpha value is -0.670. The van der Waals surface area contributed by atoms with Gasteiger partial charge in [-0.1, -0.05) is 29.3 Å². The standard InChI is InChI=1S/C12H9Cl3O2/c13-8-2-1-7(5-9(8)14)6-10(16)11-3-4-12(15)17-11/h1-5,10,16H,6H2. The van der Waals surface area contributed by atoms with E-state index >= 15 is 0 Å². The summed E-state index contributed by atoms with van der Waals surface area (Å²) in [5, 5.41) is 11.1. The Labute approximate surface area is 114 Å². The summed E-state index contributed by atoms with van der Waals surface area (Å²) in [5.41, 5.74) is 0.874. The second-order valence-electron chi connectivity index (χ2n) is 3.61. The van der Waals surface area contributed by atoms with E-state index in [2.05, 4.69) is 0 Å². The van der Waals surface area contributed by atoms with Gasteiger partial charge in [0, 0.05) is 6.42 Å². The molecule has 1 aromatic carbocycles. The molecular formula is C12H9Cl3O2. The summed E-state index contributed by atoms with van der Waals surface area (Å²) in [7, 11) is 0. The van der Waals surface area contributed by atoms with Crippen LogP contribution in [-0.2, 0) is 6.42 Å². The van der Waals surface area contributed by atoms with Gasteiger partial charge in [0.1, 0.15) is 11.9 Å². The van der Waals surface area contributed by atoms with Crippen LogP contribution in [0.2, 0.25) is 15.3 Å². The molecule has 0 spiro atoms. The van der Waals surface area contributed by atoms with E-state index in [0.717, 1.165) is 5.56 Å². The largest absolute Gasteiger partial charge is 0.447 e. The van der Waals surface area contributed by atoms with Gasteiger partial charge in [0.05, 0.1) is 10.0 Å². The lowest BCUT2D eigenvalue weighted by atomic mass is 10.1. The molecule has 17 heavy (non-hydrogen) atoms. The third-order valence-electron chi connectivity index (χ3n) is 2.34. The zero-order chi connectivity index (χ0) is 12.4. The lowest BCUT2D eigenvalue weighted by molar-refractivity contribution is 0.150. The van der Waals surface area contributed by atoms with E-state index in [9.17, 15) is 5.11 Å². The molecule has 1 aromatic heterocycles. The fraction of sp³-hybridized carbons (Fsp3) is 0.167. The quantitative estimate of drug-likeness (QED) is 0.902. The number of benzene rings is 1. The molecular weight excluding hydrogens is 282 g/mol. The van der Waals surface area contributed by atoms with Gasteiger partial charge in [-0.25, -0.2) is 0 Å². The maximum atomic E-state index is 9.92. The van der Waals surface area contributed by atoms with E-state index in [1.54, 1.807) is 24.3 Å². The van der Waals surface area contributed by atoms with Crippen molar-refractivity contribution in [3.8, 4) is 0 Å². The molecule has 2 rings (SSSR count). The first-order valence-electron chi connectivity index (χ1n) is 4.93. The molecule has 1 atom stereocenters. The molecule has 5 heteroatoms. The molecule has 0 aliphatic rings. The second-order valence-corrected chi connectivity index (χ2v) is 4.80. The van der Waals surface area contributed by atoms with E-state index < -0.39 is 6.10 Å². The van der Waals surface area contributed by atoms with Crippen LogP contribution in [0.3, 0.4) is 0 Å². The molecule has 2 nitrogen and oxygen atoms in total. The van der Waals surface area contributed by atoms with Gasteiger partial charge in [0.25, 0.3) is 0 Å². The lowest BCUT2D eigenvalue weighted by Crippen LogP contribution is -2.00. The zero-order valence-electron chi connectivity index (χ0n) is 8.66. The van der Waals surface area contributed by atoms with Gasteiger partial charge in [-0.05, 0) is 41.4 Å². The minimum Gasteiger partial charge on any atom is -0.447 e. The highest BCUT2D eigenvalue weighted by Gasteiger charge is 2.13. The molecule has 0 saturated heterocycles. The zero-order valence-corrected chi connectivity index (χ0v) is 10.9. The van der Waals surface area contributed by atoms with Crippen LogP contribution < -0.4 is 0 Å². The number of hydrogen-bond donors (Lipinski definition) is 1. The van der Waals surface area contributed by atoms with Crippen LogP contribution in [0.25, 0.3) is 0 Å². The molecule has 1 unspecified atom stereocenters. The summed E-state index contributed by atoms with van der Waals surface area (Å²) >= 11 is 17.3. The van der Waals surface area contributed by atoms with E-state index in [4.69, 9.17) is 39.2 Å². The molecule has 0 fully saturated rings.